The van der Waals surface area contributed by atoms with Crippen molar-refractivity contribution < 1.29 is 19.2 Å². The molecule has 0 spiro atoms. The lowest BCUT2D eigenvalue weighted by Crippen LogP contribution is -2.47. The fraction of sp³-hybridized carbons (Fsp3) is 0.619. The minimum atomic E-state index is -0.152. The molecule has 0 saturated carbocycles. The maximum atomic E-state index is 12.6. The monoisotopic (exact) mass is 372 g/mol. The van der Waals surface area contributed by atoms with E-state index in [1.165, 1.54) is 6.42 Å². The van der Waals surface area contributed by atoms with Crippen LogP contribution < -0.4 is 0 Å². The summed E-state index contributed by atoms with van der Waals surface area (Å²) < 4.78 is 5.44. The summed E-state index contributed by atoms with van der Waals surface area (Å²) >= 11 is 0. The molecule has 2 bridgehead atoms. The number of fused-ring (bicyclic) bond motifs is 2. The number of carbonyl (C=O) groups excluding carboxylic acids is 2. The van der Waals surface area contributed by atoms with Crippen LogP contribution in [-0.4, -0.2) is 54.1 Å². The van der Waals surface area contributed by atoms with Gasteiger partial charge in [0.2, 0.25) is 0 Å². The maximum Gasteiger partial charge on any atom is 0.342 e. The molecule has 6 heteroatoms. The van der Waals surface area contributed by atoms with Gasteiger partial charge in [-0.2, -0.15) is 0 Å². The van der Waals surface area contributed by atoms with Gasteiger partial charge in [-0.1, -0.05) is 30.3 Å². The summed E-state index contributed by atoms with van der Waals surface area (Å²) in [6.45, 7) is 3.52. The highest BCUT2D eigenvalue weighted by Gasteiger charge is 2.43. The Balaban J connectivity index is 1.21. The molecule has 0 aliphatic carbocycles. The van der Waals surface area contributed by atoms with Gasteiger partial charge in [0.1, 0.15) is 12.6 Å². The SMILES string of the molecule is O=C(OCc1ccccc1)C1CCN(OC(=O)C2C3CCCN2CC3)CC1. The van der Waals surface area contributed by atoms with Crippen molar-refractivity contribution in [2.75, 3.05) is 26.2 Å². The average Bonchev–Trinajstić information content (AvgIpc) is 2.96. The van der Waals surface area contributed by atoms with Gasteiger partial charge in [-0.25, -0.2) is 4.79 Å². The molecule has 3 unspecified atom stereocenters. The molecule has 0 radical (unpaired) electrons. The Labute approximate surface area is 160 Å². The zero-order valence-corrected chi connectivity index (χ0v) is 15.7. The van der Waals surface area contributed by atoms with Crippen molar-refractivity contribution in [3.8, 4) is 0 Å². The van der Waals surface area contributed by atoms with E-state index in [0.29, 0.717) is 38.5 Å². The number of piperidine rings is 2. The first-order valence-corrected chi connectivity index (χ1v) is 10.1. The number of ether oxygens (including phenoxy) is 1. The standard InChI is InChI=1S/C21H28N2O4/c24-20(26-15-16-5-2-1-3-6-16)18-9-13-23(14-10-18)27-21(25)19-17-7-4-11-22(19)12-8-17/h1-3,5-6,17-19H,4,7-15H2. The smallest absolute Gasteiger partial charge is 0.342 e. The normalized spacial score (nSPS) is 28.7. The van der Waals surface area contributed by atoms with E-state index in [4.69, 9.17) is 9.57 Å². The van der Waals surface area contributed by atoms with E-state index < -0.39 is 0 Å². The van der Waals surface area contributed by atoms with Crippen LogP contribution in [0.5, 0.6) is 0 Å². The van der Waals surface area contributed by atoms with Crippen molar-refractivity contribution in [3.63, 3.8) is 0 Å². The zero-order chi connectivity index (χ0) is 18.6. The van der Waals surface area contributed by atoms with Gasteiger partial charge in [-0.05, 0) is 56.7 Å². The first-order valence-electron chi connectivity index (χ1n) is 10.1. The Kier molecular flexibility index (Phi) is 5.74. The first-order chi connectivity index (χ1) is 13.2. The highest BCUT2D eigenvalue weighted by atomic mass is 16.7. The lowest BCUT2D eigenvalue weighted by molar-refractivity contribution is -0.204. The van der Waals surface area contributed by atoms with E-state index in [0.717, 1.165) is 31.5 Å². The summed E-state index contributed by atoms with van der Waals surface area (Å²) in [5.74, 6) is 0.0820. The summed E-state index contributed by atoms with van der Waals surface area (Å²) in [6, 6.07) is 9.65. The van der Waals surface area contributed by atoms with Crippen LogP contribution in [0.15, 0.2) is 30.3 Å². The first kappa shape index (κ1) is 18.4. The van der Waals surface area contributed by atoms with Crippen LogP contribution in [0.2, 0.25) is 0 Å². The summed E-state index contributed by atoms with van der Waals surface area (Å²) in [5.41, 5.74) is 0.995. The van der Waals surface area contributed by atoms with E-state index in [1.54, 1.807) is 5.06 Å². The molecule has 1 aromatic rings. The lowest BCUT2D eigenvalue weighted by atomic mass is 9.92. The Hall–Kier alpha value is -1.92. The van der Waals surface area contributed by atoms with Crippen molar-refractivity contribution in [2.24, 2.45) is 11.8 Å². The van der Waals surface area contributed by atoms with Crippen LogP contribution in [0.25, 0.3) is 0 Å². The third-order valence-corrected chi connectivity index (χ3v) is 6.12. The molecule has 0 amide bonds. The molecule has 3 aliphatic rings. The van der Waals surface area contributed by atoms with Crippen molar-refractivity contribution in [1.29, 1.82) is 0 Å². The molecule has 146 valence electrons. The van der Waals surface area contributed by atoms with Gasteiger partial charge >= 0.3 is 11.9 Å². The minimum Gasteiger partial charge on any atom is -0.461 e. The van der Waals surface area contributed by atoms with E-state index >= 15 is 0 Å². The number of hydroxylamine groups is 2. The second-order valence-corrected chi connectivity index (χ2v) is 7.88. The van der Waals surface area contributed by atoms with Gasteiger partial charge in [0.15, 0.2) is 0 Å². The molecule has 1 aromatic carbocycles. The number of carbonyl (C=O) groups is 2. The lowest BCUT2D eigenvalue weighted by Gasteiger charge is -2.34. The Morgan fingerprint density at radius 2 is 1.70 bits per heavy atom. The Morgan fingerprint density at radius 3 is 2.44 bits per heavy atom. The zero-order valence-electron chi connectivity index (χ0n) is 15.7. The van der Waals surface area contributed by atoms with E-state index in [-0.39, 0.29) is 23.9 Å². The van der Waals surface area contributed by atoms with Crippen LogP contribution in [0.3, 0.4) is 0 Å². The molecule has 3 atom stereocenters. The van der Waals surface area contributed by atoms with Crippen molar-refractivity contribution in [2.45, 2.75) is 44.8 Å². The van der Waals surface area contributed by atoms with Crippen molar-refractivity contribution >= 4 is 11.9 Å². The van der Waals surface area contributed by atoms with Crippen molar-refractivity contribution in [1.82, 2.24) is 9.96 Å². The predicted molar refractivity (Wildman–Crippen MR) is 99.3 cm³/mol. The number of rotatable bonds is 5. The molecule has 3 aliphatic heterocycles. The van der Waals surface area contributed by atoms with Crippen LogP contribution in [0.1, 0.15) is 37.7 Å². The quantitative estimate of drug-likeness (QED) is 0.740. The van der Waals surface area contributed by atoms with Crippen LogP contribution in [-0.2, 0) is 25.8 Å². The fourth-order valence-electron chi connectivity index (χ4n) is 4.59. The highest BCUT2D eigenvalue weighted by Crippen LogP contribution is 2.34. The fourth-order valence-corrected chi connectivity index (χ4v) is 4.59. The number of esters is 1. The van der Waals surface area contributed by atoms with E-state index in [1.807, 2.05) is 30.3 Å². The molecule has 4 rings (SSSR count). The Morgan fingerprint density at radius 1 is 0.926 bits per heavy atom. The maximum absolute atomic E-state index is 12.6. The van der Waals surface area contributed by atoms with Gasteiger partial charge < -0.3 is 9.57 Å². The van der Waals surface area contributed by atoms with Crippen LogP contribution in [0, 0.1) is 11.8 Å². The molecule has 27 heavy (non-hydrogen) atoms. The van der Waals surface area contributed by atoms with E-state index in [2.05, 4.69) is 4.90 Å². The van der Waals surface area contributed by atoms with Gasteiger partial charge in [0.25, 0.3) is 0 Å². The molecular formula is C21H28N2O4. The number of benzene rings is 1. The third-order valence-electron chi connectivity index (χ3n) is 6.12. The molecule has 0 N–H and O–H groups in total. The molecule has 3 saturated heterocycles. The van der Waals surface area contributed by atoms with Crippen LogP contribution >= 0.6 is 0 Å². The molecule has 3 fully saturated rings. The van der Waals surface area contributed by atoms with E-state index in [9.17, 15) is 9.59 Å². The summed E-state index contributed by atoms with van der Waals surface area (Å²) in [5, 5.41) is 1.73. The molecule has 6 nitrogen and oxygen atoms in total. The summed E-state index contributed by atoms with van der Waals surface area (Å²) in [7, 11) is 0. The number of nitrogens with zero attached hydrogens (tertiary/aromatic N) is 2. The van der Waals surface area contributed by atoms with Gasteiger partial charge in [-0.15, -0.1) is 5.06 Å². The second-order valence-electron chi connectivity index (χ2n) is 7.88. The Bertz CT molecular complexity index is 641. The average molecular weight is 372 g/mol. The largest absolute Gasteiger partial charge is 0.461 e. The molecular weight excluding hydrogens is 344 g/mol. The van der Waals surface area contributed by atoms with Crippen LogP contribution in [0.4, 0.5) is 0 Å². The summed E-state index contributed by atoms with van der Waals surface area (Å²) in [6.07, 6.45) is 4.75. The third kappa shape index (κ3) is 4.33. The molecule has 0 aromatic heterocycles. The minimum absolute atomic E-state index is 0.0627. The summed E-state index contributed by atoms with van der Waals surface area (Å²) in [4.78, 5) is 32.8. The second kappa shape index (κ2) is 8.40. The number of hydrogen-bond donors (Lipinski definition) is 0. The van der Waals surface area contributed by atoms with Crippen molar-refractivity contribution in [3.05, 3.63) is 35.9 Å². The van der Waals surface area contributed by atoms with Gasteiger partial charge in [-0.3, -0.25) is 9.69 Å². The highest BCUT2D eigenvalue weighted by molar-refractivity contribution is 5.76. The number of hydrogen-bond acceptors (Lipinski definition) is 6. The topological polar surface area (TPSA) is 59.1 Å². The van der Waals surface area contributed by atoms with Gasteiger partial charge in [0, 0.05) is 13.1 Å². The predicted octanol–water partition coefficient (Wildman–Crippen LogP) is 2.38. The molecule has 3 heterocycles. The van der Waals surface area contributed by atoms with Gasteiger partial charge in [0.05, 0.1) is 5.92 Å².